The van der Waals surface area contributed by atoms with Crippen molar-refractivity contribution >= 4 is 11.9 Å². The number of rotatable bonds is 6. The maximum absolute atomic E-state index is 11.2. The van der Waals surface area contributed by atoms with Crippen molar-refractivity contribution in [2.24, 2.45) is 0 Å². The summed E-state index contributed by atoms with van der Waals surface area (Å²) in [7, 11) is 3.32. The van der Waals surface area contributed by atoms with Crippen LogP contribution in [0.4, 0.5) is 0 Å². The Hall–Kier alpha value is -1.92. The van der Waals surface area contributed by atoms with Gasteiger partial charge in [0, 0.05) is 0 Å². The second-order valence-corrected chi connectivity index (χ2v) is 3.48. The molecular formula is C12H16N2O4. The molecule has 0 unspecified atom stereocenters. The van der Waals surface area contributed by atoms with Crippen molar-refractivity contribution < 1.29 is 19.1 Å². The Morgan fingerprint density at radius 1 is 0.889 bits per heavy atom. The van der Waals surface area contributed by atoms with Gasteiger partial charge in [-0.25, -0.2) is 0 Å². The lowest BCUT2D eigenvalue weighted by atomic mass is 10.3. The number of likely N-dealkylation sites (N-methyl/N-ethyl adjacent to an activating group) is 2. The third-order valence-electron chi connectivity index (χ3n) is 1.93. The van der Waals surface area contributed by atoms with Crippen LogP contribution in [0.25, 0.3) is 0 Å². The predicted octanol–water partition coefficient (Wildman–Crippen LogP) is -0.0638. The zero-order valence-electron chi connectivity index (χ0n) is 10.4. The summed E-state index contributed by atoms with van der Waals surface area (Å²) in [6.45, 7) is 0.276. The second kappa shape index (κ2) is 7.41. The average molecular weight is 252 g/mol. The Morgan fingerprint density at radius 3 is 1.50 bits per heavy atom. The van der Waals surface area contributed by atoms with Crippen molar-refractivity contribution in [1.82, 2.24) is 10.6 Å². The lowest BCUT2D eigenvalue weighted by Crippen LogP contribution is -2.23. The summed E-state index contributed by atoms with van der Waals surface area (Å²) in [4.78, 5) is 22.4. The highest BCUT2D eigenvalue weighted by atomic mass is 16.5. The van der Waals surface area contributed by atoms with Gasteiger partial charge in [0.1, 0.15) is 11.5 Å². The molecule has 0 radical (unpaired) electrons. The molecule has 0 fully saturated rings. The molecule has 1 rings (SSSR count). The molecule has 1 aromatic carbocycles. The minimum absolute atomic E-state index is 0.138. The molecule has 0 aliphatic carbocycles. The van der Waals surface area contributed by atoms with Crippen molar-refractivity contribution in [3.8, 4) is 11.5 Å². The lowest BCUT2D eigenvalue weighted by molar-refractivity contribution is -0.134. The molecule has 0 amide bonds. The van der Waals surface area contributed by atoms with Gasteiger partial charge in [-0.15, -0.1) is 0 Å². The molecule has 98 valence electrons. The topological polar surface area (TPSA) is 76.7 Å². The van der Waals surface area contributed by atoms with Crippen molar-refractivity contribution in [3.63, 3.8) is 0 Å². The molecule has 1 aromatic rings. The van der Waals surface area contributed by atoms with Gasteiger partial charge in [-0.3, -0.25) is 9.59 Å². The van der Waals surface area contributed by atoms with Crippen LogP contribution in [0.15, 0.2) is 24.3 Å². The van der Waals surface area contributed by atoms with Crippen molar-refractivity contribution in [1.29, 1.82) is 0 Å². The van der Waals surface area contributed by atoms with Gasteiger partial charge in [-0.2, -0.15) is 0 Å². The van der Waals surface area contributed by atoms with E-state index in [-0.39, 0.29) is 25.0 Å². The normalized spacial score (nSPS) is 9.89. The third-order valence-corrected chi connectivity index (χ3v) is 1.93. The first-order valence-electron chi connectivity index (χ1n) is 5.46. The van der Waals surface area contributed by atoms with E-state index >= 15 is 0 Å². The highest BCUT2D eigenvalue weighted by Crippen LogP contribution is 2.17. The van der Waals surface area contributed by atoms with Gasteiger partial charge in [0.2, 0.25) is 0 Å². The van der Waals surface area contributed by atoms with E-state index < -0.39 is 0 Å². The lowest BCUT2D eigenvalue weighted by Gasteiger charge is -2.06. The van der Waals surface area contributed by atoms with Crippen molar-refractivity contribution in [2.75, 3.05) is 27.2 Å². The minimum atomic E-state index is -0.377. The molecule has 0 atom stereocenters. The molecular weight excluding hydrogens is 236 g/mol. The number of carbonyl (C=O) groups is 2. The number of benzene rings is 1. The second-order valence-electron chi connectivity index (χ2n) is 3.48. The van der Waals surface area contributed by atoms with Crippen LogP contribution in [0.5, 0.6) is 11.5 Å². The van der Waals surface area contributed by atoms with Crippen LogP contribution in [0.1, 0.15) is 0 Å². The van der Waals surface area contributed by atoms with E-state index in [9.17, 15) is 9.59 Å². The van der Waals surface area contributed by atoms with Crippen LogP contribution in [-0.2, 0) is 9.59 Å². The minimum Gasteiger partial charge on any atom is -0.426 e. The highest BCUT2D eigenvalue weighted by Gasteiger charge is 2.05. The molecule has 2 N–H and O–H groups in total. The Balaban J connectivity index is 2.52. The molecule has 0 aliphatic rings. The SMILES string of the molecule is CNCC(=O)Oc1ccc(OC(=O)CNC)cc1. The molecule has 0 spiro atoms. The quantitative estimate of drug-likeness (QED) is 0.545. The van der Waals surface area contributed by atoms with Gasteiger partial charge in [-0.1, -0.05) is 0 Å². The maximum Gasteiger partial charge on any atom is 0.325 e. The van der Waals surface area contributed by atoms with Crippen LogP contribution < -0.4 is 20.1 Å². The fraction of sp³-hybridized carbons (Fsp3) is 0.333. The standard InChI is InChI=1S/C12H16N2O4/c1-13-7-11(15)17-9-3-5-10(6-4-9)18-12(16)8-14-2/h3-6,13-14H,7-8H2,1-2H3. The molecule has 6 nitrogen and oxygen atoms in total. The molecule has 0 heterocycles. The molecule has 0 saturated carbocycles. The molecule has 0 aromatic heterocycles. The van der Waals surface area contributed by atoms with Gasteiger partial charge in [0.05, 0.1) is 13.1 Å². The molecule has 18 heavy (non-hydrogen) atoms. The largest absolute Gasteiger partial charge is 0.426 e. The molecule has 0 bridgehead atoms. The number of hydrogen-bond acceptors (Lipinski definition) is 6. The van der Waals surface area contributed by atoms with E-state index in [0.717, 1.165) is 0 Å². The van der Waals surface area contributed by atoms with E-state index in [1.807, 2.05) is 0 Å². The van der Waals surface area contributed by atoms with Crippen LogP contribution in [-0.4, -0.2) is 39.1 Å². The number of hydrogen-bond donors (Lipinski definition) is 2. The number of carbonyl (C=O) groups excluding carboxylic acids is 2. The Labute approximate surface area is 105 Å². The Kier molecular flexibility index (Phi) is 5.83. The predicted molar refractivity (Wildman–Crippen MR) is 65.6 cm³/mol. The summed E-state index contributed by atoms with van der Waals surface area (Å²) in [5, 5.41) is 5.38. The molecule has 0 saturated heterocycles. The van der Waals surface area contributed by atoms with Crippen molar-refractivity contribution in [3.05, 3.63) is 24.3 Å². The van der Waals surface area contributed by atoms with Gasteiger partial charge >= 0.3 is 11.9 Å². The van der Waals surface area contributed by atoms with Crippen LogP contribution >= 0.6 is 0 Å². The fourth-order valence-corrected chi connectivity index (χ4v) is 1.20. The van der Waals surface area contributed by atoms with E-state index in [1.165, 1.54) is 0 Å². The summed E-state index contributed by atoms with van der Waals surface area (Å²) in [5.74, 6) is 0.0576. The van der Waals surface area contributed by atoms with Gasteiger partial charge < -0.3 is 20.1 Å². The third kappa shape index (κ3) is 4.94. The highest BCUT2D eigenvalue weighted by molar-refractivity contribution is 5.75. The average Bonchev–Trinajstić information content (AvgIpc) is 2.32. The summed E-state index contributed by atoms with van der Waals surface area (Å²) >= 11 is 0. The van der Waals surface area contributed by atoms with E-state index in [1.54, 1.807) is 38.4 Å². The van der Waals surface area contributed by atoms with Crippen molar-refractivity contribution in [2.45, 2.75) is 0 Å². The van der Waals surface area contributed by atoms with Crippen LogP contribution in [0.2, 0.25) is 0 Å². The van der Waals surface area contributed by atoms with Gasteiger partial charge in [0.15, 0.2) is 0 Å². The number of nitrogens with one attached hydrogen (secondary N) is 2. The first-order valence-corrected chi connectivity index (χ1v) is 5.46. The first kappa shape index (κ1) is 14.1. The van der Waals surface area contributed by atoms with Gasteiger partial charge in [0.25, 0.3) is 0 Å². The van der Waals surface area contributed by atoms with Gasteiger partial charge in [-0.05, 0) is 38.4 Å². The Bertz CT molecular complexity index is 364. The first-order chi connectivity index (χ1) is 8.65. The number of ether oxygens (including phenoxy) is 2. The zero-order valence-corrected chi connectivity index (χ0v) is 10.4. The number of esters is 2. The summed E-state index contributed by atoms with van der Waals surface area (Å²) in [6, 6.07) is 6.26. The maximum atomic E-state index is 11.2. The molecule has 6 heteroatoms. The summed E-state index contributed by atoms with van der Waals surface area (Å²) in [5.41, 5.74) is 0. The van der Waals surface area contributed by atoms with E-state index in [0.29, 0.717) is 11.5 Å². The zero-order chi connectivity index (χ0) is 13.4. The van der Waals surface area contributed by atoms with Crippen LogP contribution in [0, 0.1) is 0 Å². The smallest absolute Gasteiger partial charge is 0.325 e. The van der Waals surface area contributed by atoms with E-state index in [4.69, 9.17) is 9.47 Å². The summed E-state index contributed by atoms with van der Waals surface area (Å²) in [6.07, 6.45) is 0. The summed E-state index contributed by atoms with van der Waals surface area (Å²) < 4.78 is 10.0. The Morgan fingerprint density at radius 2 is 1.22 bits per heavy atom. The fourth-order valence-electron chi connectivity index (χ4n) is 1.20. The van der Waals surface area contributed by atoms with E-state index in [2.05, 4.69) is 10.6 Å². The molecule has 0 aliphatic heterocycles. The monoisotopic (exact) mass is 252 g/mol. The van der Waals surface area contributed by atoms with Crippen LogP contribution in [0.3, 0.4) is 0 Å².